The Balaban J connectivity index is 1.73. The van der Waals surface area contributed by atoms with Gasteiger partial charge in [-0.05, 0) is 13.8 Å². The second kappa shape index (κ2) is 8.07. The number of amides is 2. The van der Waals surface area contributed by atoms with E-state index in [2.05, 4.69) is 10.4 Å². The molecule has 156 valence electrons. The van der Waals surface area contributed by atoms with Crippen molar-refractivity contribution in [3.05, 3.63) is 28.2 Å². The first-order valence-electron chi connectivity index (χ1n) is 8.66. The molecule has 0 aromatic carbocycles. The quantitative estimate of drug-likeness (QED) is 0.486. The lowest BCUT2D eigenvalue weighted by Gasteiger charge is -2.49. The number of carboxylic acid groups (broad SMARTS) is 1. The van der Waals surface area contributed by atoms with Crippen molar-refractivity contribution in [2.75, 3.05) is 12.4 Å². The topological polar surface area (TPSA) is 131 Å². The highest BCUT2D eigenvalue weighted by molar-refractivity contribution is 8.00. The van der Waals surface area contributed by atoms with Crippen LogP contribution in [0.2, 0.25) is 5.02 Å². The van der Waals surface area contributed by atoms with Crippen molar-refractivity contribution in [1.29, 1.82) is 0 Å². The Hall–Kier alpha value is -2.53. The molecule has 0 saturated carbocycles. The van der Waals surface area contributed by atoms with Gasteiger partial charge in [-0.1, -0.05) is 11.6 Å². The number of esters is 1. The Bertz CT molecular complexity index is 929. The van der Waals surface area contributed by atoms with Gasteiger partial charge in [0.05, 0.1) is 16.9 Å². The van der Waals surface area contributed by atoms with Gasteiger partial charge >= 0.3 is 11.9 Å². The molecule has 10 nitrogen and oxygen atoms in total. The number of carboxylic acids is 1. The Morgan fingerprint density at radius 1 is 1.48 bits per heavy atom. The third kappa shape index (κ3) is 3.84. The number of aromatic nitrogens is 2. The molecule has 12 heteroatoms. The van der Waals surface area contributed by atoms with E-state index < -0.39 is 41.2 Å². The maximum Gasteiger partial charge on any atom is 0.352 e. The van der Waals surface area contributed by atoms with Gasteiger partial charge in [-0.25, -0.2) is 4.79 Å². The van der Waals surface area contributed by atoms with Crippen LogP contribution in [0, 0.1) is 6.92 Å². The van der Waals surface area contributed by atoms with Crippen molar-refractivity contribution in [3.8, 4) is 0 Å². The lowest BCUT2D eigenvalue weighted by molar-refractivity contribution is -0.151. The monoisotopic (exact) mass is 442 g/mol. The molecule has 0 radical (unpaired) electrons. The minimum Gasteiger partial charge on any atom is -0.477 e. The first-order valence-corrected chi connectivity index (χ1v) is 10.1. The van der Waals surface area contributed by atoms with Gasteiger partial charge in [-0.3, -0.25) is 24.0 Å². The number of thioether (sulfide) groups is 1. The van der Waals surface area contributed by atoms with Crippen molar-refractivity contribution >= 4 is 47.1 Å². The van der Waals surface area contributed by atoms with Crippen molar-refractivity contribution < 1.29 is 29.0 Å². The maximum absolute atomic E-state index is 12.6. The Morgan fingerprint density at radius 2 is 2.17 bits per heavy atom. The smallest absolute Gasteiger partial charge is 0.352 e. The number of hydrogen-bond acceptors (Lipinski definition) is 7. The average Bonchev–Trinajstić information content (AvgIpc) is 3.01. The number of fused-ring (bicyclic) bond motifs is 1. The highest BCUT2D eigenvalue weighted by Crippen LogP contribution is 2.40. The molecule has 3 heterocycles. The summed E-state index contributed by atoms with van der Waals surface area (Å²) in [7, 11) is 0. The van der Waals surface area contributed by atoms with Gasteiger partial charge in [0.25, 0.3) is 5.91 Å². The molecule has 3 atom stereocenters. The number of nitrogens with one attached hydrogen (secondary N) is 1. The van der Waals surface area contributed by atoms with Gasteiger partial charge in [-0.2, -0.15) is 5.10 Å². The molecule has 3 rings (SSSR count). The lowest BCUT2D eigenvalue weighted by Crippen LogP contribution is -2.71. The van der Waals surface area contributed by atoms with Crippen LogP contribution in [0.15, 0.2) is 17.5 Å². The van der Waals surface area contributed by atoms with Crippen molar-refractivity contribution in [1.82, 2.24) is 20.0 Å². The summed E-state index contributed by atoms with van der Waals surface area (Å²) < 4.78 is 6.34. The summed E-state index contributed by atoms with van der Waals surface area (Å²) in [5.41, 5.74) is 0.754. The van der Waals surface area contributed by atoms with E-state index in [0.717, 1.165) is 4.90 Å². The molecule has 2 amide bonds. The van der Waals surface area contributed by atoms with Crippen LogP contribution in [0.1, 0.15) is 25.6 Å². The zero-order valence-corrected chi connectivity index (χ0v) is 17.4. The van der Waals surface area contributed by atoms with Crippen molar-refractivity contribution in [2.24, 2.45) is 0 Å². The summed E-state index contributed by atoms with van der Waals surface area (Å²) in [4.78, 5) is 49.1. The minimum absolute atomic E-state index is 0.201. The van der Waals surface area contributed by atoms with Crippen LogP contribution in [0.5, 0.6) is 0 Å². The molecular weight excluding hydrogens is 424 g/mol. The normalized spacial score (nSPS) is 21.9. The standard InChI is InChI=1S/C17H19ClN4O6S/c1-7-11(18)4-19-22(7)8(2)14(24)20-12-15(25)21-13(17(26)27)10(5-28-9(3)23)6-29-16(12)21/h4,8,12,16H,5-6H2,1-3H3,(H,20,24)(H,26,27)/t8-,12-,16-/m0/s1. The summed E-state index contributed by atoms with van der Waals surface area (Å²) in [6, 6.07) is -1.56. The van der Waals surface area contributed by atoms with E-state index in [4.69, 9.17) is 16.3 Å². The molecule has 1 saturated heterocycles. The molecule has 0 aliphatic carbocycles. The fraction of sp³-hybridized carbons (Fsp3) is 0.471. The number of carbonyl (C=O) groups excluding carboxylic acids is 3. The maximum atomic E-state index is 12.6. The van der Waals surface area contributed by atoms with E-state index in [1.807, 2.05) is 0 Å². The van der Waals surface area contributed by atoms with Crippen LogP contribution in [-0.2, 0) is 23.9 Å². The summed E-state index contributed by atoms with van der Waals surface area (Å²) >= 11 is 7.27. The molecule has 0 bridgehead atoms. The Kier molecular flexibility index (Phi) is 5.90. The van der Waals surface area contributed by atoms with Crippen molar-refractivity contribution in [2.45, 2.75) is 38.2 Å². The number of rotatable bonds is 6. The molecule has 2 aliphatic rings. The largest absolute Gasteiger partial charge is 0.477 e. The van der Waals surface area contributed by atoms with E-state index >= 15 is 0 Å². The minimum atomic E-state index is -1.29. The summed E-state index contributed by atoms with van der Waals surface area (Å²) in [6.07, 6.45) is 1.43. The first kappa shape index (κ1) is 21.2. The molecule has 0 spiro atoms. The molecule has 0 unspecified atom stereocenters. The van der Waals surface area contributed by atoms with Crippen LogP contribution in [0.3, 0.4) is 0 Å². The molecule has 2 aliphatic heterocycles. The average molecular weight is 443 g/mol. The molecule has 1 aromatic rings. The van der Waals surface area contributed by atoms with Crippen LogP contribution in [0.4, 0.5) is 0 Å². The number of carbonyl (C=O) groups is 4. The van der Waals surface area contributed by atoms with Crippen LogP contribution in [-0.4, -0.2) is 67.3 Å². The van der Waals surface area contributed by atoms with Gasteiger partial charge in [0.1, 0.15) is 29.8 Å². The number of hydrogen-bond donors (Lipinski definition) is 2. The number of ether oxygens (including phenoxy) is 1. The summed E-state index contributed by atoms with van der Waals surface area (Å²) in [6.45, 7) is 4.37. The first-order chi connectivity index (χ1) is 13.6. The third-order valence-electron chi connectivity index (χ3n) is 4.73. The second-order valence-electron chi connectivity index (χ2n) is 6.63. The lowest BCUT2D eigenvalue weighted by atomic mass is 10.0. The molecule has 29 heavy (non-hydrogen) atoms. The fourth-order valence-corrected chi connectivity index (χ4v) is 4.62. The predicted molar refractivity (Wildman–Crippen MR) is 103 cm³/mol. The highest BCUT2D eigenvalue weighted by Gasteiger charge is 2.54. The van der Waals surface area contributed by atoms with Gasteiger partial charge in [0.2, 0.25) is 5.91 Å². The highest BCUT2D eigenvalue weighted by atomic mass is 35.5. The van der Waals surface area contributed by atoms with E-state index in [0.29, 0.717) is 16.3 Å². The Morgan fingerprint density at radius 3 is 2.72 bits per heavy atom. The predicted octanol–water partition coefficient (Wildman–Crippen LogP) is 0.708. The van der Waals surface area contributed by atoms with E-state index in [9.17, 15) is 24.3 Å². The van der Waals surface area contributed by atoms with Gasteiger partial charge in [-0.15, -0.1) is 11.8 Å². The van der Waals surface area contributed by atoms with E-state index in [1.165, 1.54) is 29.6 Å². The molecule has 1 aromatic heterocycles. The van der Waals surface area contributed by atoms with Crippen LogP contribution >= 0.6 is 23.4 Å². The molecule has 2 N–H and O–H groups in total. The van der Waals surface area contributed by atoms with Gasteiger partial charge < -0.3 is 15.2 Å². The van der Waals surface area contributed by atoms with Gasteiger partial charge in [0.15, 0.2) is 0 Å². The number of aliphatic carboxylic acids is 1. The zero-order valence-electron chi connectivity index (χ0n) is 15.8. The van der Waals surface area contributed by atoms with Crippen LogP contribution in [0.25, 0.3) is 0 Å². The van der Waals surface area contributed by atoms with Crippen molar-refractivity contribution in [3.63, 3.8) is 0 Å². The summed E-state index contributed by atoms with van der Waals surface area (Å²) in [5.74, 6) is -2.53. The zero-order chi connectivity index (χ0) is 21.5. The molecular formula is C17H19ClN4O6S. The number of β-lactam (4-membered cyclic amide) rings is 1. The van der Waals surface area contributed by atoms with E-state index in [1.54, 1.807) is 13.8 Å². The second-order valence-corrected chi connectivity index (χ2v) is 8.14. The molecule has 1 fully saturated rings. The van der Waals surface area contributed by atoms with Crippen LogP contribution < -0.4 is 5.32 Å². The fourth-order valence-electron chi connectivity index (χ4n) is 3.16. The number of halogens is 1. The summed E-state index contributed by atoms with van der Waals surface area (Å²) in [5, 5.41) is 16.1. The van der Waals surface area contributed by atoms with Gasteiger partial charge in [0, 0.05) is 18.2 Å². The third-order valence-corrected chi connectivity index (χ3v) is 6.44. The number of nitrogens with zero attached hydrogens (tertiary/aromatic N) is 3. The Labute approximate surface area is 175 Å². The SMILES string of the molecule is CC(=O)OCC1=C(C(=O)O)N2C(=O)[C@H](NC(=O)[C@H](C)n3ncc(Cl)c3C)[C@@H]2SC1. The van der Waals surface area contributed by atoms with E-state index in [-0.39, 0.29) is 18.1 Å².